The molecule has 1 aliphatic heterocycles. The summed E-state index contributed by atoms with van der Waals surface area (Å²) in [5.74, 6) is -0.971. The summed E-state index contributed by atoms with van der Waals surface area (Å²) in [5, 5.41) is 2.67. The van der Waals surface area contributed by atoms with Gasteiger partial charge in [-0.05, 0) is 0 Å². The third-order valence-corrected chi connectivity index (χ3v) is 2.79. The maximum atomic E-state index is 10.9. The highest BCUT2D eigenvalue weighted by Gasteiger charge is 2.29. The number of cyclic esters (lactones) is 2. The second kappa shape index (κ2) is 3.26. The summed E-state index contributed by atoms with van der Waals surface area (Å²) in [6, 6.07) is 0. The lowest BCUT2D eigenvalue weighted by Crippen LogP contribution is -2.24. The van der Waals surface area contributed by atoms with Gasteiger partial charge < -0.3 is 4.74 Å². The molecule has 5 heteroatoms. The molecule has 0 radical (unpaired) electrons. The van der Waals surface area contributed by atoms with Crippen LogP contribution >= 0.6 is 11.3 Å². The molecule has 0 aromatic carbocycles. The summed E-state index contributed by atoms with van der Waals surface area (Å²) < 4.78 is 4.41. The fourth-order valence-electron chi connectivity index (χ4n) is 1.30. The quantitative estimate of drug-likeness (QED) is 0.499. The summed E-state index contributed by atoms with van der Waals surface area (Å²) in [6.07, 6.45) is 2.20. The molecule has 0 saturated carbocycles. The number of hydrogen-bond acceptors (Lipinski definition) is 5. The van der Waals surface area contributed by atoms with Crippen molar-refractivity contribution in [1.29, 1.82) is 0 Å². The summed E-state index contributed by atoms with van der Waals surface area (Å²) in [7, 11) is 0. The molecule has 0 N–H and O–H groups in total. The van der Waals surface area contributed by atoms with Crippen molar-refractivity contribution < 1.29 is 14.3 Å². The minimum atomic E-state index is -0.448. The minimum absolute atomic E-state index is 0.0752. The number of esters is 2. The number of hydrogen-bond donors (Lipinski definition) is 0. The number of carbonyl (C=O) groups excluding carboxylic acids is 2. The molecule has 0 amide bonds. The Labute approximate surface area is 78.5 Å². The van der Waals surface area contributed by atoms with E-state index in [0.717, 1.165) is 5.01 Å². The molecule has 13 heavy (non-hydrogen) atoms. The van der Waals surface area contributed by atoms with Crippen LogP contribution in [0.2, 0.25) is 0 Å². The first-order chi connectivity index (χ1) is 6.25. The molecule has 0 aliphatic carbocycles. The van der Waals surface area contributed by atoms with Gasteiger partial charge in [0.1, 0.15) is 0 Å². The molecule has 1 aliphatic rings. The number of aromatic nitrogens is 1. The van der Waals surface area contributed by atoms with E-state index >= 15 is 0 Å². The van der Waals surface area contributed by atoms with Gasteiger partial charge in [-0.25, -0.2) is 4.98 Å². The lowest BCUT2D eigenvalue weighted by atomic mass is 10.0. The zero-order chi connectivity index (χ0) is 9.26. The van der Waals surface area contributed by atoms with E-state index in [-0.39, 0.29) is 18.8 Å². The van der Waals surface area contributed by atoms with E-state index < -0.39 is 11.9 Å². The van der Waals surface area contributed by atoms with Crippen LogP contribution in [0.1, 0.15) is 23.8 Å². The summed E-state index contributed by atoms with van der Waals surface area (Å²) in [4.78, 5) is 25.9. The van der Waals surface area contributed by atoms with Crippen molar-refractivity contribution in [1.82, 2.24) is 4.98 Å². The molecule has 1 aromatic rings. The highest BCUT2D eigenvalue weighted by molar-refractivity contribution is 7.09. The number of thiazole rings is 1. The van der Waals surface area contributed by atoms with Crippen LogP contribution < -0.4 is 0 Å². The Morgan fingerprint density at radius 1 is 1.38 bits per heavy atom. The third kappa shape index (κ3) is 1.75. The van der Waals surface area contributed by atoms with Crippen LogP contribution in [0.15, 0.2) is 11.6 Å². The first-order valence-corrected chi connectivity index (χ1v) is 4.76. The second-order valence-electron chi connectivity index (χ2n) is 2.82. The van der Waals surface area contributed by atoms with Gasteiger partial charge in [0, 0.05) is 17.5 Å². The monoisotopic (exact) mass is 197 g/mol. The molecule has 68 valence electrons. The van der Waals surface area contributed by atoms with Crippen molar-refractivity contribution in [2.24, 2.45) is 0 Å². The van der Waals surface area contributed by atoms with Gasteiger partial charge >= 0.3 is 11.9 Å². The molecule has 1 aromatic heterocycles. The maximum Gasteiger partial charge on any atom is 0.314 e. The van der Waals surface area contributed by atoms with Crippen molar-refractivity contribution in [2.45, 2.75) is 18.8 Å². The van der Waals surface area contributed by atoms with E-state index in [1.165, 1.54) is 11.3 Å². The van der Waals surface area contributed by atoms with E-state index in [1.54, 1.807) is 6.20 Å². The van der Waals surface area contributed by atoms with Gasteiger partial charge in [-0.1, -0.05) is 0 Å². The van der Waals surface area contributed by atoms with Crippen molar-refractivity contribution >= 4 is 23.3 Å². The van der Waals surface area contributed by atoms with Crippen molar-refractivity contribution in [3.05, 3.63) is 16.6 Å². The van der Waals surface area contributed by atoms with E-state index in [9.17, 15) is 9.59 Å². The van der Waals surface area contributed by atoms with Crippen LogP contribution in [0.25, 0.3) is 0 Å². The standard InChI is InChI=1S/C8H7NO3S/c10-6-3-5(4-7(11)12-6)8-9-1-2-13-8/h1-2,5H,3-4H2. The van der Waals surface area contributed by atoms with Crippen LogP contribution in [0.5, 0.6) is 0 Å². The average molecular weight is 197 g/mol. The Morgan fingerprint density at radius 3 is 2.62 bits per heavy atom. The zero-order valence-corrected chi connectivity index (χ0v) is 7.54. The van der Waals surface area contributed by atoms with E-state index in [2.05, 4.69) is 9.72 Å². The molecule has 0 atom stereocenters. The van der Waals surface area contributed by atoms with Gasteiger partial charge in [-0.15, -0.1) is 11.3 Å². The molecular formula is C8H7NO3S. The third-order valence-electron chi connectivity index (χ3n) is 1.85. The molecule has 2 rings (SSSR count). The van der Waals surface area contributed by atoms with E-state index in [0.29, 0.717) is 0 Å². The topological polar surface area (TPSA) is 56.3 Å². The van der Waals surface area contributed by atoms with Crippen LogP contribution in [0, 0.1) is 0 Å². The molecule has 0 bridgehead atoms. The van der Waals surface area contributed by atoms with E-state index in [4.69, 9.17) is 0 Å². The minimum Gasteiger partial charge on any atom is -0.393 e. The highest BCUT2D eigenvalue weighted by atomic mass is 32.1. The van der Waals surface area contributed by atoms with Crippen LogP contribution in [-0.2, 0) is 14.3 Å². The molecule has 1 saturated heterocycles. The van der Waals surface area contributed by atoms with Gasteiger partial charge in [-0.2, -0.15) is 0 Å². The predicted octanol–water partition coefficient (Wildman–Crippen LogP) is 1.09. The van der Waals surface area contributed by atoms with Gasteiger partial charge in [0.25, 0.3) is 0 Å². The number of rotatable bonds is 1. The maximum absolute atomic E-state index is 10.9. The largest absolute Gasteiger partial charge is 0.393 e. The van der Waals surface area contributed by atoms with Gasteiger partial charge in [-0.3, -0.25) is 9.59 Å². The van der Waals surface area contributed by atoms with Gasteiger partial charge in [0.05, 0.1) is 17.8 Å². The molecule has 2 heterocycles. The van der Waals surface area contributed by atoms with Crippen molar-refractivity contribution in [2.75, 3.05) is 0 Å². The van der Waals surface area contributed by atoms with Crippen molar-refractivity contribution in [3.8, 4) is 0 Å². The Kier molecular flexibility index (Phi) is 2.10. The summed E-state index contributed by atoms with van der Waals surface area (Å²) in [6.45, 7) is 0. The average Bonchev–Trinajstić information content (AvgIpc) is 2.53. The summed E-state index contributed by atoms with van der Waals surface area (Å²) >= 11 is 1.46. The second-order valence-corrected chi connectivity index (χ2v) is 3.75. The Morgan fingerprint density at radius 2 is 2.08 bits per heavy atom. The SMILES string of the molecule is O=C1CC(c2nccs2)CC(=O)O1. The zero-order valence-electron chi connectivity index (χ0n) is 6.73. The van der Waals surface area contributed by atoms with Crippen LogP contribution in [-0.4, -0.2) is 16.9 Å². The first-order valence-electron chi connectivity index (χ1n) is 3.88. The van der Waals surface area contributed by atoms with E-state index in [1.807, 2.05) is 5.38 Å². The number of ether oxygens (including phenoxy) is 1. The Bertz CT molecular complexity index is 317. The molecule has 0 spiro atoms. The smallest absolute Gasteiger partial charge is 0.314 e. The number of nitrogens with zero attached hydrogens (tertiary/aromatic N) is 1. The predicted molar refractivity (Wildman–Crippen MR) is 45.2 cm³/mol. The Balaban J connectivity index is 2.16. The fraction of sp³-hybridized carbons (Fsp3) is 0.375. The molecular weight excluding hydrogens is 190 g/mol. The fourth-order valence-corrected chi connectivity index (χ4v) is 2.04. The number of carbonyl (C=O) groups is 2. The van der Waals surface area contributed by atoms with Gasteiger partial charge in [0.2, 0.25) is 0 Å². The van der Waals surface area contributed by atoms with Crippen molar-refractivity contribution in [3.63, 3.8) is 0 Å². The lowest BCUT2D eigenvalue weighted by Gasteiger charge is -2.16. The highest BCUT2D eigenvalue weighted by Crippen LogP contribution is 2.29. The van der Waals surface area contributed by atoms with Gasteiger partial charge in [0.15, 0.2) is 0 Å². The van der Waals surface area contributed by atoms with Crippen LogP contribution in [0.4, 0.5) is 0 Å². The molecule has 1 fully saturated rings. The normalized spacial score (nSPS) is 18.8. The van der Waals surface area contributed by atoms with Crippen LogP contribution in [0.3, 0.4) is 0 Å². The lowest BCUT2D eigenvalue weighted by molar-refractivity contribution is -0.163. The molecule has 4 nitrogen and oxygen atoms in total. The molecule has 0 unspecified atom stereocenters. The first kappa shape index (κ1) is 8.37. The summed E-state index contributed by atoms with van der Waals surface area (Å²) in [5.41, 5.74) is 0. The Hall–Kier alpha value is -1.23.